The Morgan fingerprint density at radius 3 is 2.32 bits per heavy atom. The fourth-order valence-corrected chi connectivity index (χ4v) is 2.59. The average Bonchev–Trinajstić information content (AvgIpc) is 2.50. The molecule has 0 aliphatic carbocycles. The van der Waals surface area contributed by atoms with E-state index in [4.69, 9.17) is 23.3 Å². The summed E-state index contributed by atoms with van der Waals surface area (Å²) in [6.45, 7) is 1.49. The lowest BCUT2D eigenvalue weighted by Crippen LogP contribution is -2.30. The van der Waals surface area contributed by atoms with E-state index in [1.54, 1.807) is 0 Å². The van der Waals surface area contributed by atoms with Gasteiger partial charge in [-0.25, -0.2) is 8.42 Å². The van der Waals surface area contributed by atoms with Gasteiger partial charge in [0.1, 0.15) is 7.05 Å². The molecule has 0 aliphatic rings. The first kappa shape index (κ1) is 18.6. The number of nitrogen functional groups attached to an aromatic ring is 1. The fourth-order valence-electron chi connectivity index (χ4n) is 2.59. The van der Waals surface area contributed by atoms with Crippen LogP contribution in [0.1, 0.15) is 6.92 Å². The molecular formula is C16H17N3O5S. The van der Waals surface area contributed by atoms with E-state index in [0.717, 1.165) is 33.2 Å². The molecule has 25 heavy (non-hydrogen) atoms. The second-order valence-corrected chi connectivity index (χ2v) is 6.19. The van der Waals surface area contributed by atoms with Crippen LogP contribution in [0.25, 0.3) is 21.8 Å². The number of hydrogen-bond acceptors (Lipinski definition) is 5. The summed E-state index contributed by atoms with van der Waals surface area (Å²) < 4.78 is 34.9. The topological polar surface area (TPSA) is 136 Å². The molecule has 3 rings (SSSR count). The predicted octanol–water partition coefficient (Wildman–Crippen LogP) is 1.36. The molecule has 3 aromatic rings. The zero-order valence-corrected chi connectivity index (χ0v) is 14.4. The highest BCUT2D eigenvalue weighted by Crippen LogP contribution is 2.28. The maximum atomic E-state index is 11.2. The van der Waals surface area contributed by atoms with Gasteiger partial charge in [-0.2, -0.15) is 4.57 Å². The molecule has 1 aromatic heterocycles. The van der Waals surface area contributed by atoms with Gasteiger partial charge in [-0.05, 0) is 18.2 Å². The predicted molar refractivity (Wildman–Crippen MR) is 93.7 cm³/mol. The molecule has 0 saturated heterocycles. The van der Waals surface area contributed by atoms with Crippen molar-refractivity contribution in [3.8, 4) is 0 Å². The second-order valence-electron chi connectivity index (χ2n) is 5.33. The molecule has 0 aliphatic heterocycles. The van der Waals surface area contributed by atoms with E-state index < -0.39 is 10.4 Å². The van der Waals surface area contributed by atoms with E-state index in [2.05, 4.69) is 9.88 Å². The van der Waals surface area contributed by atoms with Gasteiger partial charge >= 0.3 is 0 Å². The SMILES string of the molecule is CC(=O)Nc1ccc2c(c1)c(N)c1ccccc1[n+]2C.O=S(=O)([O-])O. The van der Waals surface area contributed by atoms with Crippen molar-refractivity contribution in [3.63, 3.8) is 0 Å². The number of hydrogen-bond donors (Lipinski definition) is 3. The number of carbonyl (C=O) groups is 1. The number of pyridine rings is 1. The van der Waals surface area contributed by atoms with Gasteiger partial charge in [-0.15, -0.1) is 0 Å². The van der Waals surface area contributed by atoms with E-state index in [1.165, 1.54) is 6.92 Å². The Kier molecular flexibility index (Phi) is 5.21. The number of rotatable bonds is 1. The standard InChI is InChI=1S/C16H15N3O.H2O4S/c1-10(20)18-11-7-8-15-13(9-11)16(17)12-5-3-4-6-14(12)19(15)2;1-5(2,3)4/h3-9,17H,1-2H3,(H,18,20);(H2,1,2,3,4). The number of anilines is 2. The number of aryl methyl sites for hydroxylation is 1. The third-order valence-corrected chi connectivity index (χ3v) is 3.52. The minimum Gasteiger partial charge on any atom is -0.726 e. The van der Waals surface area contributed by atoms with Crippen LogP contribution in [0.2, 0.25) is 0 Å². The summed E-state index contributed by atoms with van der Waals surface area (Å²) in [7, 11) is -2.90. The maximum Gasteiger partial charge on any atom is 0.221 e. The third kappa shape index (κ3) is 4.63. The summed E-state index contributed by atoms with van der Waals surface area (Å²) in [5, 5.41) is 4.75. The molecule has 132 valence electrons. The molecule has 8 nitrogen and oxygen atoms in total. The number of aromatic nitrogens is 1. The van der Waals surface area contributed by atoms with Crippen molar-refractivity contribution >= 4 is 49.5 Å². The average molecular weight is 363 g/mol. The highest BCUT2D eigenvalue weighted by atomic mass is 32.3. The van der Waals surface area contributed by atoms with Crippen molar-refractivity contribution in [2.45, 2.75) is 6.92 Å². The Labute approximate surface area is 144 Å². The number of para-hydroxylation sites is 1. The van der Waals surface area contributed by atoms with Crippen LogP contribution in [0.5, 0.6) is 0 Å². The lowest BCUT2D eigenvalue weighted by atomic mass is 10.1. The Morgan fingerprint density at radius 2 is 1.72 bits per heavy atom. The first-order chi connectivity index (χ1) is 11.6. The molecule has 0 atom stereocenters. The fraction of sp³-hybridized carbons (Fsp3) is 0.125. The number of nitrogens with zero attached hydrogens (tertiary/aromatic N) is 1. The minimum atomic E-state index is -4.92. The Balaban J connectivity index is 0.000000399. The van der Waals surface area contributed by atoms with Crippen LogP contribution in [0.15, 0.2) is 42.5 Å². The molecule has 9 heteroatoms. The van der Waals surface area contributed by atoms with Crippen molar-refractivity contribution < 1.29 is 26.9 Å². The number of nitrogens with one attached hydrogen (secondary N) is 1. The van der Waals surface area contributed by atoms with Crippen molar-refractivity contribution in [1.29, 1.82) is 0 Å². The molecule has 0 unspecified atom stereocenters. The summed E-state index contributed by atoms with van der Waals surface area (Å²) >= 11 is 0. The van der Waals surface area contributed by atoms with Crippen LogP contribution in [-0.2, 0) is 22.2 Å². The molecule has 0 bridgehead atoms. The van der Waals surface area contributed by atoms with Gasteiger partial charge in [0, 0.05) is 24.7 Å². The number of benzene rings is 2. The zero-order valence-electron chi connectivity index (χ0n) is 13.6. The molecule has 0 fully saturated rings. The number of carbonyl (C=O) groups excluding carboxylic acids is 1. The van der Waals surface area contributed by atoms with Gasteiger partial charge < -0.3 is 15.6 Å². The van der Waals surface area contributed by atoms with E-state index >= 15 is 0 Å². The summed E-state index contributed by atoms with van der Waals surface area (Å²) in [5.41, 5.74) is 9.92. The Hall–Kier alpha value is -2.75. The zero-order chi connectivity index (χ0) is 18.8. The van der Waals surface area contributed by atoms with Crippen LogP contribution in [-0.4, -0.2) is 23.4 Å². The van der Waals surface area contributed by atoms with Gasteiger partial charge in [0.25, 0.3) is 0 Å². The lowest BCUT2D eigenvalue weighted by molar-refractivity contribution is -0.617. The van der Waals surface area contributed by atoms with Crippen LogP contribution >= 0.6 is 0 Å². The van der Waals surface area contributed by atoms with Crippen LogP contribution < -0.4 is 15.6 Å². The summed E-state index contributed by atoms with van der Waals surface area (Å²) in [6, 6.07) is 13.8. The minimum absolute atomic E-state index is 0.0897. The molecule has 2 aromatic carbocycles. The number of nitrogens with two attached hydrogens (primary N) is 1. The number of amides is 1. The largest absolute Gasteiger partial charge is 0.726 e. The normalized spacial score (nSPS) is 11.0. The molecule has 0 radical (unpaired) electrons. The summed E-state index contributed by atoms with van der Waals surface area (Å²) in [6.07, 6.45) is 0. The van der Waals surface area contributed by atoms with Crippen LogP contribution in [0.3, 0.4) is 0 Å². The molecule has 1 amide bonds. The van der Waals surface area contributed by atoms with Crippen molar-refractivity contribution in [1.82, 2.24) is 0 Å². The highest BCUT2D eigenvalue weighted by molar-refractivity contribution is 7.79. The van der Waals surface area contributed by atoms with E-state index in [0.29, 0.717) is 0 Å². The first-order valence-electron chi connectivity index (χ1n) is 7.14. The van der Waals surface area contributed by atoms with Crippen molar-refractivity contribution in [2.75, 3.05) is 11.1 Å². The highest BCUT2D eigenvalue weighted by Gasteiger charge is 2.16. The second kappa shape index (κ2) is 7.01. The Bertz CT molecular complexity index is 1060. The van der Waals surface area contributed by atoms with Crippen LogP contribution in [0, 0.1) is 0 Å². The van der Waals surface area contributed by atoms with E-state index in [9.17, 15) is 4.79 Å². The van der Waals surface area contributed by atoms with Crippen LogP contribution in [0.4, 0.5) is 11.4 Å². The van der Waals surface area contributed by atoms with E-state index in [-0.39, 0.29) is 5.91 Å². The van der Waals surface area contributed by atoms with Gasteiger partial charge in [0.15, 0.2) is 0 Å². The van der Waals surface area contributed by atoms with Gasteiger partial charge in [0.2, 0.25) is 27.3 Å². The monoisotopic (exact) mass is 363 g/mol. The third-order valence-electron chi connectivity index (χ3n) is 3.52. The molecular weight excluding hydrogens is 346 g/mol. The molecule has 1 heterocycles. The lowest BCUT2D eigenvalue weighted by Gasteiger charge is -2.08. The Morgan fingerprint density at radius 1 is 1.16 bits per heavy atom. The van der Waals surface area contributed by atoms with E-state index in [1.807, 2.05) is 49.5 Å². The van der Waals surface area contributed by atoms with Gasteiger partial charge in [0.05, 0.1) is 16.5 Å². The smallest absolute Gasteiger partial charge is 0.221 e. The summed E-state index contributed by atoms with van der Waals surface area (Å²) in [5.74, 6) is -0.0897. The van der Waals surface area contributed by atoms with Gasteiger partial charge in [-0.1, -0.05) is 12.1 Å². The molecule has 0 saturated carbocycles. The maximum absolute atomic E-state index is 11.2. The molecule has 4 N–H and O–H groups in total. The van der Waals surface area contributed by atoms with Crippen molar-refractivity contribution in [3.05, 3.63) is 42.5 Å². The quantitative estimate of drug-likeness (QED) is 0.258. The first-order valence-corrected chi connectivity index (χ1v) is 8.50. The van der Waals surface area contributed by atoms with Gasteiger partial charge in [-0.3, -0.25) is 9.35 Å². The molecule has 0 spiro atoms. The number of fused-ring (bicyclic) bond motifs is 2. The summed E-state index contributed by atoms with van der Waals surface area (Å²) in [4.78, 5) is 11.2. The van der Waals surface area contributed by atoms with Crippen molar-refractivity contribution in [2.24, 2.45) is 7.05 Å².